The molecular formula is C15H22N2O3. The summed E-state index contributed by atoms with van der Waals surface area (Å²) in [5, 5.41) is 9.28. The predicted molar refractivity (Wildman–Crippen MR) is 78.1 cm³/mol. The van der Waals surface area contributed by atoms with Crippen LogP contribution in [0.15, 0.2) is 24.3 Å². The summed E-state index contributed by atoms with van der Waals surface area (Å²) in [6, 6.07) is 7.15. The van der Waals surface area contributed by atoms with Gasteiger partial charge < -0.3 is 19.6 Å². The predicted octanol–water partition coefficient (Wildman–Crippen LogP) is 2.45. The molecule has 1 aliphatic rings. The van der Waals surface area contributed by atoms with Crippen LogP contribution in [0.25, 0.3) is 0 Å². The van der Waals surface area contributed by atoms with E-state index in [2.05, 4.69) is 11.8 Å². The number of anilines is 1. The average Bonchev–Trinajstić information content (AvgIpc) is 2.48. The smallest absolute Gasteiger partial charge is 0.409 e. The molecule has 2 rings (SSSR count). The summed E-state index contributed by atoms with van der Waals surface area (Å²) >= 11 is 0. The van der Waals surface area contributed by atoms with E-state index in [0.29, 0.717) is 19.7 Å². The minimum atomic E-state index is -0.205. The van der Waals surface area contributed by atoms with Gasteiger partial charge in [-0.25, -0.2) is 4.79 Å². The lowest BCUT2D eigenvalue weighted by atomic mass is 10.2. The normalized spacial score (nSPS) is 15.2. The van der Waals surface area contributed by atoms with Crippen LogP contribution in [0.5, 0.6) is 5.75 Å². The van der Waals surface area contributed by atoms with Crippen LogP contribution < -0.4 is 4.90 Å². The van der Waals surface area contributed by atoms with Gasteiger partial charge in [-0.2, -0.15) is 0 Å². The van der Waals surface area contributed by atoms with Crippen LogP contribution in [0.2, 0.25) is 0 Å². The summed E-state index contributed by atoms with van der Waals surface area (Å²) in [6.45, 7) is 5.50. The number of hydrogen-bond acceptors (Lipinski definition) is 4. The molecule has 20 heavy (non-hydrogen) atoms. The fraction of sp³-hybridized carbons (Fsp3) is 0.533. The molecule has 0 radical (unpaired) electrons. The molecule has 1 N–H and O–H groups in total. The van der Waals surface area contributed by atoms with Crippen molar-refractivity contribution in [1.82, 2.24) is 4.90 Å². The van der Waals surface area contributed by atoms with Crippen LogP contribution in [-0.4, -0.2) is 48.9 Å². The van der Waals surface area contributed by atoms with Gasteiger partial charge in [-0.15, -0.1) is 0 Å². The third-order valence-electron chi connectivity index (χ3n) is 3.48. The first kappa shape index (κ1) is 14.5. The minimum absolute atomic E-state index is 0.205. The lowest BCUT2D eigenvalue weighted by Crippen LogP contribution is -2.49. The molecule has 0 aromatic heterocycles. The van der Waals surface area contributed by atoms with Crippen molar-refractivity contribution in [2.45, 2.75) is 19.8 Å². The van der Waals surface area contributed by atoms with E-state index in [1.54, 1.807) is 17.0 Å². The van der Waals surface area contributed by atoms with E-state index in [4.69, 9.17) is 4.74 Å². The number of benzene rings is 1. The van der Waals surface area contributed by atoms with Crippen molar-refractivity contribution in [1.29, 1.82) is 0 Å². The monoisotopic (exact) mass is 278 g/mol. The van der Waals surface area contributed by atoms with Gasteiger partial charge in [0, 0.05) is 31.9 Å². The lowest BCUT2D eigenvalue weighted by molar-refractivity contribution is 0.0989. The average molecular weight is 278 g/mol. The number of phenols is 1. The van der Waals surface area contributed by atoms with E-state index in [1.165, 1.54) is 0 Å². The van der Waals surface area contributed by atoms with Crippen molar-refractivity contribution < 1.29 is 14.6 Å². The van der Waals surface area contributed by atoms with E-state index in [1.807, 2.05) is 12.1 Å². The molecule has 1 fully saturated rings. The Kier molecular flexibility index (Phi) is 5.09. The number of rotatable bonds is 4. The first-order valence-electron chi connectivity index (χ1n) is 7.16. The van der Waals surface area contributed by atoms with Gasteiger partial charge in [-0.3, -0.25) is 0 Å². The maximum atomic E-state index is 11.8. The standard InChI is InChI=1S/C15H22N2O3/c1-2-3-12-20-15(19)17-10-8-16(9-11-17)13-4-6-14(18)7-5-13/h4-7,18H,2-3,8-12H2,1H3. The second-order valence-electron chi connectivity index (χ2n) is 4.96. The molecule has 0 spiro atoms. The molecule has 0 bridgehead atoms. The third kappa shape index (κ3) is 3.79. The van der Waals surface area contributed by atoms with Crippen molar-refractivity contribution in [2.75, 3.05) is 37.7 Å². The molecular weight excluding hydrogens is 256 g/mol. The maximum absolute atomic E-state index is 11.8. The fourth-order valence-electron chi connectivity index (χ4n) is 2.21. The Balaban J connectivity index is 1.80. The zero-order chi connectivity index (χ0) is 14.4. The van der Waals surface area contributed by atoms with Crippen molar-refractivity contribution in [3.05, 3.63) is 24.3 Å². The second kappa shape index (κ2) is 7.03. The minimum Gasteiger partial charge on any atom is -0.508 e. The summed E-state index contributed by atoms with van der Waals surface area (Å²) < 4.78 is 5.21. The van der Waals surface area contributed by atoms with Gasteiger partial charge in [0.2, 0.25) is 0 Å². The number of carbonyl (C=O) groups excluding carboxylic acids is 1. The van der Waals surface area contributed by atoms with E-state index in [0.717, 1.165) is 31.6 Å². The van der Waals surface area contributed by atoms with Crippen molar-refractivity contribution in [2.24, 2.45) is 0 Å². The highest BCUT2D eigenvalue weighted by Gasteiger charge is 2.22. The Morgan fingerprint density at radius 3 is 2.45 bits per heavy atom. The number of unbranched alkanes of at least 4 members (excludes halogenated alkanes) is 1. The van der Waals surface area contributed by atoms with Gasteiger partial charge in [0.1, 0.15) is 5.75 Å². The molecule has 5 heteroatoms. The van der Waals surface area contributed by atoms with E-state index >= 15 is 0 Å². The number of piperazine rings is 1. The number of ether oxygens (including phenoxy) is 1. The quantitative estimate of drug-likeness (QED) is 0.860. The summed E-state index contributed by atoms with van der Waals surface area (Å²) in [5.41, 5.74) is 1.07. The molecule has 0 saturated carbocycles. The topological polar surface area (TPSA) is 53.0 Å². The largest absolute Gasteiger partial charge is 0.508 e. The molecule has 1 saturated heterocycles. The second-order valence-corrected chi connectivity index (χ2v) is 4.96. The molecule has 5 nitrogen and oxygen atoms in total. The molecule has 0 unspecified atom stereocenters. The number of nitrogens with zero attached hydrogens (tertiary/aromatic N) is 2. The zero-order valence-corrected chi connectivity index (χ0v) is 11.9. The Labute approximate surface area is 119 Å². The van der Waals surface area contributed by atoms with E-state index in [9.17, 15) is 9.90 Å². The van der Waals surface area contributed by atoms with Gasteiger partial charge >= 0.3 is 6.09 Å². The van der Waals surface area contributed by atoms with Crippen molar-refractivity contribution in [3.8, 4) is 5.75 Å². The highest BCUT2D eigenvalue weighted by atomic mass is 16.6. The Morgan fingerprint density at radius 1 is 1.20 bits per heavy atom. The van der Waals surface area contributed by atoms with Crippen LogP contribution in [0, 0.1) is 0 Å². The Bertz CT molecular complexity index is 425. The number of phenolic OH excluding ortho intramolecular Hbond substituents is 1. The highest BCUT2D eigenvalue weighted by molar-refractivity contribution is 5.68. The zero-order valence-electron chi connectivity index (χ0n) is 11.9. The van der Waals surface area contributed by atoms with Crippen molar-refractivity contribution in [3.63, 3.8) is 0 Å². The number of carbonyl (C=O) groups is 1. The van der Waals surface area contributed by atoms with Crippen LogP contribution in [-0.2, 0) is 4.74 Å². The molecule has 1 amide bonds. The van der Waals surface area contributed by atoms with Gasteiger partial charge in [-0.1, -0.05) is 13.3 Å². The lowest BCUT2D eigenvalue weighted by Gasteiger charge is -2.35. The van der Waals surface area contributed by atoms with Crippen molar-refractivity contribution >= 4 is 11.8 Å². The number of amides is 1. The van der Waals surface area contributed by atoms with Gasteiger partial charge in [0.05, 0.1) is 6.61 Å². The first-order chi connectivity index (χ1) is 9.70. The molecule has 0 atom stereocenters. The summed E-state index contributed by atoms with van der Waals surface area (Å²) in [6.07, 6.45) is 1.74. The number of aromatic hydroxyl groups is 1. The van der Waals surface area contributed by atoms with Crippen LogP contribution in [0.3, 0.4) is 0 Å². The molecule has 110 valence electrons. The van der Waals surface area contributed by atoms with Crippen LogP contribution >= 0.6 is 0 Å². The van der Waals surface area contributed by atoms with Gasteiger partial charge in [0.25, 0.3) is 0 Å². The Morgan fingerprint density at radius 2 is 1.85 bits per heavy atom. The SMILES string of the molecule is CCCCOC(=O)N1CCN(c2ccc(O)cc2)CC1. The molecule has 1 heterocycles. The molecule has 1 aliphatic heterocycles. The highest BCUT2D eigenvalue weighted by Crippen LogP contribution is 2.19. The van der Waals surface area contributed by atoms with E-state index in [-0.39, 0.29) is 11.8 Å². The van der Waals surface area contributed by atoms with Crippen LogP contribution in [0.1, 0.15) is 19.8 Å². The molecule has 0 aliphatic carbocycles. The first-order valence-corrected chi connectivity index (χ1v) is 7.16. The summed E-state index contributed by atoms with van der Waals surface area (Å²) in [7, 11) is 0. The Hall–Kier alpha value is -1.91. The molecule has 1 aromatic carbocycles. The van der Waals surface area contributed by atoms with Crippen LogP contribution in [0.4, 0.5) is 10.5 Å². The summed E-state index contributed by atoms with van der Waals surface area (Å²) in [5.74, 6) is 0.270. The van der Waals surface area contributed by atoms with E-state index < -0.39 is 0 Å². The number of hydrogen-bond donors (Lipinski definition) is 1. The third-order valence-corrected chi connectivity index (χ3v) is 3.48. The van der Waals surface area contributed by atoms with Gasteiger partial charge in [-0.05, 0) is 30.7 Å². The van der Waals surface area contributed by atoms with Gasteiger partial charge in [0.15, 0.2) is 0 Å². The summed E-state index contributed by atoms with van der Waals surface area (Å²) in [4.78, 5) is 15.8. The maximum Gasteiger partial charge on any atom is 0.409 e. The fourth-order valence-corrected chi connectivity index (χ4v) is 2.21. The molecule has 1 aromatic rings.